The van der Waals surface area contributed by atoms with Crippen molar-refractivity contribution in [2.45, 2.75) is 33.2 Å². The number of carbonyl (C=O) groups excluding carboxylic acids is 2. The second-order valence-corrected chi connectivity index (χ2v) is 4.39. The summed E-state index contributed by atoms with van der Waals surface area (Å²) in [5.74, 6) is -0.327. The number of hydrogen-bond acceptors (Lipinski definition) is 3. The van der Waals surface area contributed by atoms with Crippen LogP contribution in [0.25, 0.3) is 0 Å². The van der Waals surface area contributed by atoms with E-state index in [-0.39, 0.29) is 29.3 Å². The molecule has 4 heteroatoms. The van der Waals surface area contributed by atoms with Crippen LogP contribution in [0.4, 0.5) is 0 Å². The molecule has 1 amide bonds. The summed E-state index contributed by atoms with van der Waals surface area (Å²) in [6.45, 7) is 5.43. The van der Waals surface area contributed by atoms with Crippen LogP contribution in [-0.2, 0) is 14.3 Å². The molecule has 1 rings (SSSR count). The maximum atomic E-state index is 11.3. The van der Waals surface area contributed by atoms with E-state index in [1.165, 1.54) is 14.0 Å². The predicted molar refractivity (Wildman–Crippen MR) is 51.5 cm³/mol. The fraction of sp³-hybridized carbons (Fsp3) is 0.800. The highest BCUT2D eigenvalue weighted by molar-refractivity contribution is 5.77. The van der Waals surface area contributed by atoms with Gasteiger partial charge in [0.25, 0.3) is 0 Å². The zero-order chi connectivity index (χ0) is 10.9. The minimum absolute atomic E-state index is 0.0496. The van der Waals surface area contributed by atoms with Crippen molar-refractivity contribution in [1.29, 1.82) is 0 Å². The summed E-state index contributed by atoms with van der Waals surface area (Å²) in [7, 11) is 1.39. The molecule has 0 unspecified atom stereocenters. The summed E-state index contributed by atoms with van der Waals surface area (Å²) in [4.78, 5) is 22.2. The van der Waals surface area contributed by atoms with Crippen LogP contribution in [0.1, 0.15) is 27.2 Å². The number of esters is 1. The molecule has 2 atom stereocenters. The largest absolute Gasteiger partial charge is 0.469 e. The van der Waals surface area contributed by atoms with Crippen LogP contribution in [0.5, 0.6) is 0 Å². The maximum Gasteiger partial charge on any atom is 0.309 e. The summed E-state index contributed by atoms with van der Waals surface area (Å²) >= 11 is 0. The van der Waals surface area contributed by atoms with Crippen molar-refractivity contribution in [2.24, 2.45) is 11.3 Å². The van der Waals surface area contributed by atoms with Crippen molar-refractivity contribution in [2.75, 3.05) is 7.11 Å². The quantitative estimate of drug-likeness (QED) is 0.666. The van der Waals surface area contributed by atoms with E-state index < -0.39 is 0 Å². The van der Waals surface area contributed by atoms with Gasteiger partial charge in [-0.05, 0) is 11.8 Å². The summed E-state index contributed by atoms with van der Waals surface area (Å²) in [6, 6.07) is 0.0871. The van der Waals surface area contributed by atoms with Crippen LogP contribution < -0.4 is 5.32 Å². The van der Waals surface area contributed by atoms with Crippen LogP contribution in [-0.4, -0.2) is 25.0 Å². The van der Waals surface area contributed by atoms with Gasteiger partial charge in [-0.15, -0.1) is 0 Å². The second kappa shape index (κ2) is 3.59. The third-order valence-electron chi connectivity index (χ3n) is 3.13. The molecule has 80 valence electrons. The van der Waals surface area contributed by atoms with Gasteiger partial charge in [-0.25, -0.2) is 0 Å². The summed E-state index contributed by atoms with van der Waals surface area (Å²) in [5, 5.41) is 2.83. The molecular formula is C10H17NO3. The first-order chi connectivity index (χ1) is 6.39. The molecule has 4 nitrogen and oxygen atoms in total. The Bertz CT molecular complexity index is 260. The predicted octanol–water partition coefficient (Wildman–Crippen LogP) is 0.710. The number of carbonyl (C=O) groups is 2. The van der Waals surface area contributed by atoms with Gasteiger partial charge in [0.05, 0.1) is 13.0 Å². The monoisotopic (exact) mass is 199 g/mol. The molecule has 0 radical (unpaired) electrons. The molecule has 1 fully saturated rings. The third-order valence-corrected chi connectivity index (χ3v) is 3.13. The van der Waals surface area contributed by atoms with Crippen molar-refractivity contribution >= 4 is 11.9 Å². The van der Waals surface area contributed by atoms with E-state index in [1.807, 2.05) is 13.8 Å². The molecule has 1 aliphatic rings. The molecule has 1 N–H and O–H groups in total. The fourth-order valence-electron chi connectivity index (χ4n) is 1.96. The molecule has 0 spiro atoms. The molecule has 14 heavy (non-hydrogen) atoms. The smallest absolute Gasteiger partial charge is 0.309 e. The van der Waals surface area contributed by atoms with Gasteiger partial charge in [0.15, 0.2) is 0 Å². The number of rotatable bonds is 2. The molecule has 0 aromatic heterocycles. The Hall–Kier alpha value is -1.06. The van der Waals surface area contributed by atoms with Crippen molar-refractivity contribution in [3.05, 3.63) is 0 Å². The van der Waals surface area contributed by atoms with Crippen LogP contribution in [0.15, 0.2) is 0 Å². The molecule has 0 bridgehead atoms. The van der Waals surface area contributed by atoms with Gasteiger partial charge in [0.1, 0.15) is 0 Å². The van der Waals surface area contributed by atoms with Crippen LogP contribution in [0, 0.1) is 11.3 Å². The Morgan fingerprint density at radius 2 is 2.00 bits per heavy atom. The second-order valence-electron chi connectivity index (χ2n) is 4.39. The van der Waals surface area contributed by atoms with E-state index in [0.29, 0.717) is 6.42 Å². The molecule has 1 aliphatic carbocycles. The fourth-order valence-corrected chi connectivity index (χ4v) is 1.96. The first-order valence-electron chi connectivity index (χ1n) is 4.74. The molecule has 0 aromatic carbocycles. The minimum atomic E-state index is -0.196. The Kier molecular flexibility index (Phi) is 2.83. The van der Waals surface area contributed by atoms with Crippen molar-refractivity contribution < 1.29 is 14.3 Å². The number of nitrogens with one attached hydrogen (secondary N) is 1. The van der Waals surface area contributed by atoms with Gasteiger partial charge < -0.3 is 10.1 Å². The number of amides is 1. The summed E-state index contributed by atoms with van der Waals surface area (Å²) < 4.78 is 4.69. The topological polar surface area (TPSA) is 55.4 Å². The lowest BCUT2D eigenvalue weighted by atomic mass is 9.58. The van der Waals surface area contributed by atoms with Crippen LogP contribution >= 0.6 is 0 Å². The van der Waals surface area contributed by atoms with E-state index in [9.17, 15) is 9.59 Å². The lowest BCUT2D eigenvalue weighted by molar-refractivity contribution is -0.160. The molecule has 1 saturated carbocycles. The molecule has 0 heterocycles. The van der Waals surface area contributed by atoms with Crippen molar-refractivity contribution in [3.63, 3.8) is 0 Å². The van der Waals surface area contributed by atoms with Crippen molar-refractivity contribution in [1.82, 2.24) is 5.32 Å². The zero-order valence-electron chi connectivity index (χ0n) is 9.09. The maximum absolute atomic E-state index is 11.3. The average Bonchev–Trinajstić information content (AvgIpc) is 2.10. The standard InChI is InChI=1S/C10H17NO3/c1-6(12)11-8-5-7(9(13)14-4)10(8,2)3/h7-8H,5H2,1-4H3,(H,11,12)/t7-,8-/m1/s1. The van der Waals surface area contributed by atoms with Crippen LogP contribution in [0.3, 0.4) is 0 Å². The summed E-state index contributed by atoms with van der Waals surface area (Å²) in [5.41, 5.74) is -0.196. The van der Waals surface area contributed by atoms with Crippen molar-refractivity contribution in [3.8, 4) is 0 Å². The van der Waals surface area contributed by atoms with Gasteiger partial charge in [0.2, 0.25) is 5.91 Å². The average molecular weight is 199 g/mol. The Morgan fingerprint density at radius 1 is 1.43 bits per heavy atom. The molecule has 0 aliphatic heterocycles. The first kappa shape index (κ1) is 11.0. The van der Waals surface area contributed by atoms with E-state index >= 15 is 0 Å². The third kappa shape index (κ3) is 1.74. The Labute approximate surface area is 84.0 Å². The highest BCUT2D eigenvalue weighted by Gasteiger charge is 2.52. The molecule has 0 aromatic rings. The highest BCUT2D eigenvalue weighted by Crippen LogP contribution is 2.46. The van der Waals surface area contributed by atoms with Crippen LogP contribution in [0.2, 0.25) is 0 Å². The van der Waals surface area contributed by atoms with Gasteiger partial charge >= 0.3 is 5.97 Å². The van der Waals surface area contributed by atoms with Gasteiger partial charge in [-0.3, -0.25) is 9.59 Å². The number of ether oxygens (including phenoxy) is 1. The number of hydrogen-bond donors (Lipinski definition) is 1. The SMILES string of the molecule is COC(=O)[C@H]1C[C@@H](NC(C)=O)C1(C)C. The normalized spacial score (nSPS) is 28.9. The van der Waals surface area contributed by atoms with E-state index in [2.05, 4.69) is 5.32 Å². The van der Waals surface area contributed by atoms with E-state index in [4.69, 9.17) is 4.74 Å². The first-order valence-corrected chi connectivity index (χ1v) is 4.74. The Balaban J connectivity index is 2.58. The summed E-state index contributed by atoms with van der Waals surface area (Å²) in [6.07, 6.45) is 0.680. The minimum Gasteiger partial charge on any atom is -0.469 e. The van der Waals surface area contributed by atoms with Gasteiger partial charge in [-0.1, -0.05) is 13.8 Å². The van der Waals surface area contributed by atoms with Gasteiger partial charge in [0, 0.05) is 13.0 Å². The lowest BCUT2D eigenvalue weighted by Gasteiger charge is -2.50. The van der Waals surface area contributed by atoms with E-state index in [1.54, 1.807) is 0 Å². The lowest BCUT2D eigenvalue weighted by Crippen LogP contribution is -2.60. The number of methoxy groups -OCH3 is 1. The van der Waals surface area contributed by atoms with E-state index in [0.717, 1.165) is 0 Å². The Morgan fingerprint density at radius 3 is 2.36 bits per heavy atom. The molecular weight excluding hydrogens is 182 g/mol. The highest BCUT2D eigenvalue weighted by atomic mass is 16.5. The zero-order valence-corrected chi connectivity index (χ0v) is 9.09. The van der Waals surface area contributed by atoms with Gasteiger partial charge in [-0.2, -0.15) is 0 Å². The molecule has 0 saturated heterocycles.